The molecule has 114 valence electrons. The van der Waals surface area contributed by atoms with Crippen LogP contribution in [0.4, 0.5) is 0 Å². The number of imidazole rings is 1. The molecule has 1 aliphatic rings. The minimum Gasteiger partial charge on any atom is -0.330 e. The van der Waals surface area contributed by atoms with Gasteiger partial charge in [-0.2, -0.15) is 0 Å². The van der Waals surface area contributed by atoms with Gasteiger partial charge in [-0.25, -0.2) is 4.98 Å². The molecule has 0 bridgehead atoms. The molecule has 1 saturated heterocycles. The summed E-state index contributed by atoms with van der Waals surface area (Å²) in [5.74, 6) is 1.34. The lowest BCUT2D eigenvalue weighted by Gasteiger charge is -2.29. The van der Waals surface area contributed by atoms with E-state index in [9.17, 15) is 0 Å². The molecule has 1 aromatic rings. The Morgan fingerprint density at radius 3 is 2.85 bits per heavy atom. The molecule has 2 rings (SSSR count). The normalized spacial score (nSPS) is 21.6. The summed E-state index contributed by atoms with van der Waals surface area (Å²) in [7, 11) is 4.32. The molecule has 1 N–H and O–H groups in total. The first-order valence-electron chi connectivity index (χ1n) is 7.95. The monoisotopic (exact) mass is 278 g/mol. The third-order valence-electron chi connectivity index (χ3n) is 4.12. The third-order valence-corrected chi connectivity index (χ3v) is 4.12. The maximum absolute atomic E-state index is 4.45. The van der Waals surface area contributed by atoms with E-state index in [2.05, 4.69) is 53.9 Å². The van der Waals surface area contributed by atoms with Crippen LogP contribution in [0.5, 0.6) is 0 Å². The van der Waals surface area contributed by atoms with Gasteiger partial charge in [0, 0.05) is 36.9 Å². The Labute approximate surface area is 123 Å². The zero-order chi connectivity index (χ0) is 14.5. The van der Waals surface area contributed by atoms with Crippen molar-refractivity contribution in [2.45, 2.75) is 45.1 Å². The van der Waals surface area contributed by atoms with Crippen LogP contribution in [0.1, 0.15) is 50.8 Å². The summed E-state index contributed by atoms with van der Waals surface area (Å²) in [6, 6.07) is 0.532. The second kappa shape index (κ2) is 7.23. The van der Waals surface area contributed by atoms with Crippen molar-refractivity contribution in [3.8, 4) is 0 Å². The van der Waals surface area contributed by atoms with Crippen molar-refractivity contribution in [1.82, 2.24) is 19.8 Å². The highest BCUT2D eigenvalue weighted by molar-refractivity contribution is 5.10. The van der Waals surface area contributed by atoms with Crippen LogP contribution in [0.15, 0.2) is 12.5 Å². The van der Waals surface area contributed by atoms with E-state index in [1.807, 2.05) is 6.33 Å². The average molecular weight is 278 g/mol. The summed E-state index contributed by atoms with van der Waals surface area (Å²) in [6.45, 7) is 7.96. The van der Waals surface area contributed by atoms with Gasteiger partial charge in [-0.1, -0.05) is 13.8 Å². The predicted molar refractivity (Wildman–Crippen MR) is 84.1 cm³/mol. The van der Waals surface area contributed by atoms with Crippen LogP contribution in [0.3, 0.4) is 0 Å². The molecule has 4 nitrogen and oxygen atoms in total. The van der Waals surface area contributed by atoms with Crippen LogP contribution in [-0.2, 0) is 0 Å². The first-order valence-corrected chi connectivity index (χ1v) is 7.95. The summed E-state index contributed by atoms with van der Waals surface area (Å²) in [4.78, 5) is 6.74. The van der Waals surface area contributed by atoms with Gasteiger partial charge >= 0.3 is 0 Å². The molecule has 1 fully saturated rings. The molecule has 0 radical (unpaired) electrons. The van der Waals surface area contributed by atoms with Crippen molar-refractivity contribution in [3.05, 3.63) is 18.2 Å². The summed E-state index contributed by atoms with van der Waals surface area (Å²) >= 11 is 0. The van der Waals surface area contributed by atoms with E-state index >= 15 is 0 Å². The SMILES string of the molecule is CC(C)CC(CN(C)C)n1cncc1C1CCCNC1. The Hall–Kier alpha value is -0.870. The molecule has 0 aromatic carbocycles. The van der Waals surface area contributed by atoms with Crippen LogP contribution in [0.2, 0.25) is 0 Å². The van der Waals surface area contributed by atoms with E-state index in [4.69, 9.17) is 0 Å². The lowest BCUT2D eigenvalue weighted by atomic mass is 9.95. The molecule has 1 aliphatic heterocycles. The van der Waals surface area contributed by atoms with Gasteiger partial charge in [-0.15, -0.1) is 0 Å². The first kappa shape index (κ1) is 15.5. The van der Waals surface area contributed by atoms with Crippen LogP contribution in [0, 0.1) is 5.92 Å². The number of hydrogen-bond acceptors (Lipinski definition) is 3. The molecule has 0 aliphatic carbocycles. The third kappa shape index (κ3) is 4.06. The fourth-order valence-corrected chi connectivity index (χ4v) is 3.28. The number of likely N-dealkylation sites (N-methyl/N-ethyl adjacent to an activating group) is 1. The van der Waals surface area contributed by atoms with Crippen molar-refractivity contribution in [3.63, 3.8) is 0 Å². The molecular weight excluding hydrogens is 248 g/mol. The summed E-state index contributed by atoms with van der Waals surface area (Å²) < 4.78 is 2.44. The largest absolute Gasteiger partial charge is 0.330 e. The molecule has 2 atom stereocenters. The Morgan fingerprint density at radius 2 is 2.25 bits per heavy atom. The number of hydrogen-bond donors (Lipinski definition) is 1. The van der Waals surface area contributed by atoms with Crippen LogP contribution in [0.25, 0.3) is 0 Å². The maximum atomic E-state index is 4.45. The van der Waals surface area contributed by atoms with E-state index in [0.717, 1.165) is 19.6 Å². The summed E-state index contributed by atoms with van der Waals surface area (Å²) in [5.41, 5.74) is 1.42. The number of nitrogens with zero attached hydrogens (tertiary/aromatic N) is 3. The summed E-state index contributed by atoms with van der Waals surface area (Å²) in [6.07, 6.45) is 7.90. The van der Waals surface area contributed by atoms with Gasteiger partial charge in [0.2, 0.25) is 0 Å². The number of aromatic nitrogens is 2. The Balaban J connectivity index is 2.17. The van der Waals surface area contributed by atoms with Crippen molar-refractivity contribution in [2.75, 3.05) is 33.7 Å². The minimum atomic E-state index is 0.532. The molecule has 0 amide bonds. The van der Waals surface area contributed by atoms with E-state index in [0.29, 0.717) is 17.9 Å². The quantitative estimate of drug-likeness (QED) is 0.868. The van der Waals surface area contributed by atoms with Gasteiger partial charge in [0.1, 0.15) is 0 Å². The van der Waals surface area contributed by atoms with Crippen molar-refractivity contribution >= 4 is 0 Å². The first-order chi connectivity index (χ1) is 9.58. The molecule has 2 unspecified atom stereocenters. The van der Waals surface area contributed by atoms with Crippen LogP contribution >= 0.6 is 0 Å². The Bertz CT molecular complexity index is 381. The Morgan fingerprint density at radius 1 is 1.45 bits per heavy atom. The maximum Gasteiger partial charge on any atom is 0.0951 e. The number of nitrogens with one attached hydrogen (secondary N) is 1. The lowest BCUT2D eigenvalue weighted by Crippen LogP contribution is -2.32. The lowest BCUT2D eigenvalue weighted by molar-refractivity contribution is 0.279. The molecule has 2 heterocycles. The molecule has 20 heavy (non-hydrogen) atoms. The van der Waals surface area contributed by atoms with Crippen molar-refractivity contribution in [2.24, 2.45) is 5.92 Å². The van der Waals surface area contributed by atoms with Gasteiger partial charge < -0.3 is 14.8 Å². The summed E-state index contributed by atoms with van der Waals surface area (Å²) in [5, 5.41) is 3.52. The number of rotatable bonds is 6. The second-order valence-corrected chi connectivity index (χ2v) is 6.81. The number of piperidine rings is 1. The topological polar surface area (TPSA) is 33.1 Å². The smallest absolute Gasteiger partial charge is 0.0951 e. The minimum absolute atomic E-state index is 0.532. The zero-order valence-corrected chi connectivity index (χ0v) is 13.5. The highest BCUT2D eigenvalue weighted by atomic mass is 15.2. The molecule has 0 spiro atoms. The molecular formula is C16H30N4. The van der Waals surface area contributed by atoms with Gasteiger partial charge in [0.15, 0.2) is 0 Å². The highest BCUT2D eigenvalue weighted by Crippen LogP contribution is 2.28. The fourth-order valence-electron chi connectivity index (χ4n) is 3.28. The van der Waals surface area contributed by atoms with Crippen LogP contribution < -0.4 is 5.32 Å². The van der Waals surface area contributed by atoms with E-state index in [1.165, 1.54) is 25.0 Å². The highest BCUT2D eigenvalue weighted by Gasteiger charge is 2.23. The molecule has 4 heteroatoms. The standard InChI is InChI=1S/C16H30N4/c1-13(2)8-15(11-19(3)4)20-12-18-10-16(20)14-6-5-7-17-9-14/h10,12-15,17H,5-9,11H2,1-4H3. The average Bonchev–Trinajstić information content (AvgIpc) is 2.87. The van der Waals surface area contributed by atoms with E-state index in [-0.39, 0.29) is 0 Å². The zero-order valence-electron chi connectivity index (χ0n) is 13.5. The van der Waals surface area contributed by atoms with E-state index < -0.39 is 0 Å². The van der Waals surface area contributed by atoms with Gasteiger partial charge in [-0.05, 0) is 45.8 Å². The van der Waals surface area contributed by atoms with Gasteiger partial charge in [0.05, 0.1) is 6.33 Å². The van der Waals surface area contributed by atoms with Gasteiger partial charge in [-0.3, -0.25) is 0 Å². The molecule has 0 saturated carbocycles. The van der Waals surface area contributed by atoms with E-state index in [1.54, 1.807) is 0 Å². The van der Waals surface area contributed by atoms with Gasteiger partial charge in [0.25, 0.3) is 0 Å². The second-order valence-electron chi connectivity index (χ2n) is 6.81. The van der Waals surface area contributed by atoms with Crippen molar-refractivity contribution in [1.29, 1.82) is 0 Å². The molecule has 1 aromatic heterocycles. The van der Waals surface area contributed by atoms with Crippen LogP contribution in [-0.4, -0.2) is 48.2 Å². The predicted octanol–water partition coefficient (Wildman–Crippen LogP) is 2.50. The Kier molecular flexibility index (Phi) is 5.61. The van der Waals surface area contributed by atoms with Crippen molar-refractivity contribution < 1.29 is 0 Å². The fraction of sp³-hybridized carbons (Fsp3) is 0.812.